The van der Waals surface area contributed by atoms with Gasteiger partial charge in [0.15, 0.2) is 4.34 Å². The molecule has 2 heterocycles. The normalized spacial score (nSPS) is 11.1. The van der Waals surface area contributed by atoms with E-state index in [1.165, 1.54) is 10.3 Å². The lowest BCUT2D eigenvalue weighted by Crippen LogP contribution is -2.17. The van der Waals surface area contributed by atoms with Crippen LogP contribution in [0.3, 0.4) is 0 Å². The van der Waals surface area contributed by atoms with E-state index in [2.05, 4.69) is 38.7 Å². The first-order valence-corrected chi connectivity index (χ1v) is 10.4. The van der Waals surface area contributed by atoms with Gasteiger partial charge in [-0.1, -0.05) is 48.2 Å². The van der Waals surface area contributed by atoms with Crippen LogP contribution in [0.4, 0.5) is 0 Å². The fourth-order valence-corrected chi connectivity index (χ4v) is 4.52. The Bertz CT molecular complexity index is 1080. The number of hydrogen-bond acceptors (Lipinski definition) is 6. The Hall–Kier alpha value is -3.03. The lowest BCUT2D eigenvalue weighted by Gasteiger charge is -2.01. The van der Waals surface area contributed by atoms with E-state index in [1.54, 1.807) is 53.8 Å². The van der Waals surface area contributed by atoms with E-state index < -0.39 is 0 Å². The second-order valence-corrected chi connectivity index (χ2v) is 8.17. The van der Waals surface area contributed by atoms with Crippen molar-refractivity contribution in [3.05, 3.63) is 89.7 Å². The topological polar surface area (TPSA) is 67.2 Å². The van der Waals surface area contributed by atoms with Crippen LogP contribution in [-0.4, -0.2) is 22.1 Å². The fourth-order valence-electron chi connectivity index (χ4n) is 2.49. The summed E-state index contributed by atoms with van der Waals surface area (Å²) in [4.78, 5) is 20.4. The number of rotatable bonds is 6. The van der Waals surface area contributed by atoms with Crippen LogP contribution in [-0.2, 0) is 5.75 Å². The third-order valence-electron chi connectivity index (χ3n) is 3.94. The summed E-state index contributed by atoms with van der Waals surface area (Å²) < 4.78 is 2.29. The van der Waals surface area contributed by atoms with Crippen molar-refractivity contribution in [2.75, 3.05) is 0 Å². The number of thiazole rings is 1. The number of carbonyl (C=O) groups excluding carboxylic acids is 1. The quantitative estimate of drug-likeness (QED) is 0.286. The number of amides is 1. The summed E-state index contributed by atoms with van der Waals surface area (Å²) in [5.74, 6) is 0.596. The van der Waals surface area contributed by atoms with Gasteiger partial charge in [0, 0.05) is 23.7 Å². The largest absolute Gasteiger partial charge is 0.271 e. The molecular formula is C21H16N4OS2. The van der Waals surface area contributed by atoms with E-state index in [0.29, 0.717) is 5.56 Å². The number of carbonyl (C=O) groups is 1. The molecule has 0 atom stereocenters. The third-order valence-corrected chi connectivity index (χ3v) is 6.19. The van der Waals surface area contributed by atoms with Gasteiger partial charge in [0.1, 0.15) is 0 Å². The Balaban J connectivity index is 1.31. The minimum Gasteiger partial charge on any atom is -0.267 e. The number of fused-ring (bicyclic) bond motifs is 1. The Morgan fingerprint density at radius 2 is 1.86 bits per heavy atom. The summed E-state index contributed by atoms with van der Waals surface area (Å²) in [6.45, 7) is 0. The fraction of sp³-hybridized carbons (Fsp3) is 0.0476. The highest BCUT2D eigenvalue weighted by Crippen LogP contribution is 2.31. The van der Waals surface area contributed by atoms with E-state index >= 15 is 0 Å². The van der Waals surface area contributed by atoms with Gasteiger partial charge in [0.05, 0.1) is 16.4 Å². The van der Waals surface area contributed by atoms with Crippen LogP contribution < -0.4 is 5.43 Å². The van der Waals surface area contributed by atoms with Crippen LogP contribution in [0.2, 0.25) is 0 Å². The summed E-state index contributed by atoms with van der Waals surface area (Å²) >= 11 is 3.45. The minimum atomic E-state index is -0.262. The number of pyridine rings is 1. The number of hydrogen-bond donors (Lipinski definition) is 1. The van der Waals surface area contributed by atoms with Crippen molar-refractivity contribution in [3.8, 4) is 0 Å². The van der Waals surface area contributed by atoms with Gasteiger partial charge in [0.2, 0.25) is 0 Å². The molecule has 2 aromatic carbocycles. The second-order valence-electron chi connectivity index (χ2n) is 5.91. The first-order chi connectivity index (χ1) is 13.8. The number of para-hydroxylation sites is 1. The van der Waals surface area contributed by atoms with Gasteiger partial charge >= 0.3 is 0 Å². The second kappa shape index (κ2) is 8.77. The monoisotopic (exact) mass is 404 g/mol. The molecule has 0 aliphatic heterocycles. The molecule has 0 saturated heterocycles. The van der Waals surface area contributed by atoms with Gasteiger partial charge in [-0.25, -0.2) is 10.4 Å². The molecule has 0 bridgehead atoms. The Morgan fingerprint density at radius 3 is 2.64 bits per heavy atom. The highest BCUT2D eigenvalue weighted by Gasteiger charge is 2.04. The van der Waals surface area contributed by atoms with Crippen LogP contribution in [0.25, 0.3) is 10.2 Å². The molecule has 0 aliphatic rings. The molecule has 0 radical (unpaired) electrons. The number of nitrogens with zero attached hydrogens (tertiary/aromatic N) is 3. The Labute approximate surface area is 170 Å². The summed E-state index contributed by atoms with van der Waals surface area (Å²) in [5.41, 5.74) is 6.22. The number of nitrogens with one attached hydrogen (secondary N) is 1. The molecular weight excluding hydrogens is 388 g/mol. The van der Waals surface area contributed by atoms with Crippen molar-refractivity contribution in [1.29, 1.82) is 0 Å². The zero-order chi connectivity index (χ0) is 19.2. The SMILES string of the molecule is O=C(N/N=C/c1ccc(CSc2nc3ccccc3s2)cc1)c1ccncc1. The van der Waals surface area contributed by atoms with E-state index in [9.17, 15) is 4.79 Å². The lowest BCUT2D eigenvalue weighted by molar-refractivity contribution is 0.0955. The molecule has 1 amide bonds. The molecule has 0 fully saturated rings. The highest BCUT2D eigenvalue weighted by atomic mass is 32.2. The molecule has 138 valence electrons. The van der Waals surface area contributed by atoms with Crippen molar-refractivity contribution in [1.82, 2.24) is 15.4 Å². The van der Waals surface area contributed by atoms with Crippen LogP contribution in [0.5, 0.6) is 0 Å². The van der Waals surface area contributed by atoms with Crippen LogP contribution in [0.1, 0.15) is 21.5 Å². The molecule has 0 unspecified atom stereocenters. The molecule has 7 heteroatoms. The molecule has 28 heavy (non-hydrogen) atoms. The van der Waals surface area contributed by atoms with Crippen LogP contribution in [0.15, 0.2) is 82.5 Å². The lowest BCUT2D eigenvalue weighted by atomic mass is 10.2. The summed E-state index contributed by atoms with van der Waals surface area (Å²) in [5, 5.41) is 4.01. The number of benzene rings is 2. The van der Waals surface area contributed by atoms with E-state index in [-0.39, 0.29) is 5.91 Å². The predicted octanol–water partition coefficient (Wildman–Crippen LogP) is 4.75. The van der Waals surface area contributed by atoms with Crippen molar-refractivity contribution in [2.45, 2.75) is 10.1 Å². The summed E-state index contributed by atoms with van der Waals surface area (Å²) in [6.07, 6.45) is 4.77. The van der Waals surface area contributed by atoms with Gasteiger partial charge < -0.3 is 0 Å². The average molecular weight is 405 g/mol. The van der Waals surface area contributed by atoms with Gasteiger partial charge in [-0.05, 0) is 35.4 Å². The maximum Gasteiger partial charge on any atom is 0.271 e. The average Bonchev–Trinajstić information content (AvgIpc) is 3.17. The number of hydrazone groups is 1. The summed E-state index contributed by atoms with van der Waals surface area (Å²) in [7, 11) is 0. The first-order valence-electron chi connectivity index (χ1n) is 8.59. The van der Waals surface area contributed by atoms with Gasteiger partial charge in [-0.3, -0.25) is 9.78 Å². The molecule has 2 aromatic heterocycles. The minimum absolute atomic E-state index is 0.262. The zero-order valence-electron chi connectivity index (χ0n) is 14.8. The Morgan fingerprint density at radius 1 is 1.07 bits per heavy atom. The smallest absolute Gasteiger partial charge is 0.267 e. The van der Waals surface area contributed by atoms with E-state index in [4.69, 9.17) is 0 Å². The van der Waals surface area contributed by atoms with Crippen molar-refractivity contribution >= 4 is 45.4 Å². The maximum atomic E-state index is 11.9. The van der Waals surface area contributed by atoms with Gasteiger partial charge in [0.25, 0.3) is 5.91 Å². The molecule has 4 aromatic rings. The highest BCUT2D eigenvalue weighted by molar-refractivity contribution is 8.00. The van der Waals surface area contributed by atoms with Crippen molar-refractivity contribution < 1.29 is 4.79 Å². The van der Waals surface area contributed by atoms with E-state index in [1.807, 2.05) is 30.3 Å². The molecule has 0 spiro atoms. The zero-order valence-corrected chi connectivity index (χ0v) is 16.4. The standard InChI is InChI=1S/C21H16N4OS2/c26-20(17-9-11-22-12-10-17)25-23-13-15-5-7-16(8-6-15)14-27-21-24-18-3-1-2-4-19(18)28-21/h1-13H,14H2,(H,25,26)/b23-13+. The molecule has 5 nitrogen and oxygen atoms in total. The third kappa shape index (κ3) is 4.62. The van der Waals surface area contributed by atoms with Gasteiger partial charge in [-0.2, -0.15) is 5.10 Å². The van der Waals surface area contributed by atoms with Gasteiger partial charge in [-0.15, -0.1) is 11.3 Å². The molecule has 4 rings (SSSR count). The number of aromatic nitrogens is 2. The van der Waals surface area contributed by atoms with Crippen LogP contribution in [0, 0.1) is 0 Å². The maximum absolute atomic E-state index is 11.9. The summed E-state index contributed by atoms with van der Waals surface area (Å²) in [6, 6.07) is 19.6. The predicted molar refractivity (Wildman–Crippen MR) is 115 cm³/mol. The van der Waals surface area contributed by atoms with Crippen LogP contribution >= 0.6 is 23.1 Å². The molecule has 0 aliphatic carbocycles. The van der Waals surface area contributed by atoms with Crippen molar-refractivity contribution in [2.24, 2.45) is 5.10 Å². The Kier molecular flexibility index (Phi) is 5.75. The first kappa shape index (κ1) is 18.3. The molecule has 0 saturated carbocycles. The van der Waals surface area contributed by atoms with Crippen molar-refractivity contribution in [3.63, 3.8) is 0 Å². The van der Waals surface area contributed by atoms with E-state index in [0.717, 1.165) is 21.2 Å². The molecule has 1 N–H and O–H groups in total. The number of thioether (sulfide) groups is 1.